The lowest BCUT2D eigenvalue weighted by molar-refractivity contribution is 1.29. The maximum atomic E-state index is 3.50. The van der Waals surface area contributed by atoms with Crippen LogP contribution in [-0.2, 0) is 0 Å². The first-order valence-electron chi connectivity index (χ1n) is 11.5. The Balaban J connectivity index is 1.42. The standard InChI is InChI=1S/C32H24N2/c1-4-10-26(11-5-1)33-27-18-20-31-24(22-27)16-17-25-23-30(19-21-32(25)31)34(28-12-6-2-7-13-28)29-14-8-3-9-15-29/h1-23,33H. The first-order chi connectivity index (χ1) is 16.8. The van der Waals surface area contributed by atoms with E-state index in [0.717, 1.165) is 28.4 Å². The van der Waals surface area contributed by atoms with Gasteiger partial charge in [0.15, 0.2) is 0 Å². The molecule has 0 fully saturated rings. The van der Waals surface area contributed by atoms with E-state index in [1.54, 1.807) is 0 Å². The number of hydrogen-bond acceptors (Lipinski definition) is 2. The summed E-state index contributed by atoms with van der Waals surface area (Å²) in [6.07, 6.45) is 0. The topological polar surface area (TPSA) is 15.3 Å². The molecule has 0 aliphatic rings. The van der Waals surface area contributed by atoms with E-state index in [1.807, 2.05) is 18.2 Å². The Hall–Kier alpha value is -4.56. The second kappa shape index (κ2) is 8.76. The third kappa shape index (κ3) is 3.87. The van der Waals surface area contributed by atoms with Gasteiger partial charge in [0, 0.05) is 28.4 Å². The first-order valence-corrected chi connectivity index (χ1v) is 11.5. The number of nitrogens with one attached hydrogen (secondary N) is 1. The number of nitrogens with zero attached hydrogens (tertiary/aromatic N) is 1. The van der Waals surface area contributed by atoms with Crippen LogP contribution in [0.4, 0.5) is 28.4 Å². The van der Waals surface area contributed by atoms with Crippen LogP contribution >= 0.6 is 0 Å². The fourth-order valence-corrected chi connectivity index (χ4v) is 4.57. The van der Waals surface area contributed by atoms with Crippen LogP contribution in [0.5, 0.6) is 0 Å². The number of anilines is 5. The Morgan fingerprint density at radius 1 is 0.382 bits per heavy atom. The molecule has 0 unspecified atom stereocenters. The molecule has 6 aromatic rings. The van der Waals surface area contributed by atoms with Gasteiger partial charge in [-0.15, -0.1) is 0 Å². The van der Waals surface area contributed by atoms with Gasteiger partial charge in [-0.05, 0) is 82.2 Å². The van der Waals surface area contributed by atoms with Crippen LogP contribution in [0.1, 0.15) is 0 Å². The van der Waals surface area contributed by atoms with Crippen LogP contribution in [-0.4, -0.2) is 0 Å². The van der Waals surface area contributed by atoms with Gasteiger partial charge in [-0.1, -0.05) is 78.9 Å². The smallest absolute Gasteiger partial charge is 0.0468 e. The van der Waals surface area contributed by atoms with E-state index in [4.69, 9.17) is 0 Å². The molecule has 0 aliphatic heterocycles. The Morgan fingerprint density at radius 2 is 0.912 bits per heavy atom. The van der Waals surface area contributed by atoms with Crippen molar-refractivity contribution in [1.82, 2.24) is 0 Å². The second-order valence-electron chi connectivity index (χ2n) is 8.40. The van der Waals surface area contributed by atoms with E-state index in [1.165, 1.54) is 21.5 Å². The molecule has 0 atom stereocenters. The molecule has 6 aromatic carbocycles. The summed E-state index contributed by atoms with van der Waals surface area (Å²) in [4.78, 5) is 2.30. The molecule has 0 spiro atoms. The van der Waals surface area contributed by atoms with Crippen LogP contribution in [0.25, 0.3) is 21.5 Å². The van der Waals surface area contributed by atoms with Gasteiger partial charge >= 0.3 is 0 Å². The van der Waals surface area contributed by atoms with E-state index >= 15 is 0 Å². The molecule has 0 radical (unpaired) electrons. The molecular weight excluding hydrogens is 412 g/mol. The van der Waals surface area contributed by atoms with Crippen molar-refractivity contribution in [2.75, 3.05) is 10.2 Å². The van der Waals surface area contributed by atoms with Crippen molar-refractivity contribution < 1.29 is 0 Å². The van der Waals surface area contributed by atoms with E-state index in [-0.39, 0.29) is 0 Å². The Labute approximate surface area is 199 Å². The van der Waals surface area contributed by atoms with Gasteiger partial charge in [0.1, 0.15) is 0 Å². The predicted molar refractivity (Wildman–Crippen MR) is 146 cm³/mol. The van der Waals surface area contributed by atoms with E-state index in [0.29, 0.717) is 0 Å². The molecule has 1 N–H and O–H groups in total. The van der Waals surface area contributed by atoms with Crippen LogP contribution in [0.2, 0.25) is 0 Å². The van der Waals surface area contributed by atoms with Crippen molar-refractivity contribution in [3.8, 4) is 0 Å². The summed E-state index contributed by atoms with van der Waals surface area (Å²) in [5.74, 6) is 0. The highest BCUT2D eigenvalue weighted by molar-refractivity contribution is 6.09. The van der Waals surface area contributed by atoms with Gasteiger partial charge in [0.25, 0.3) is 0 Å². The first kappa shape index (κ1) is 20.1. The van der Waals surface area contributed by atoms with Gasteiger partial charge in [-0.3, -0.25) is 0 Å². The summed E-state index contributed by atoms with van der Waals surface area (Å²) in [6, 6.07) is 49.1. The Kier molecular flexibility index (Phi) is 5.17. The Morgan fingerprint density at radius 3 is 1.53 bits per heavy atom. The minimum absolute atomic E-state index is 1.09. The predicted octanol–water partition coefficient (Wildman–Crippen LogP) is 9.21. The van der Waals surface area contributed by atoms with Crippen molar-refractivity contribution in [3.05, 3.63) is 140 Å². The highest BCUT2D eigenvalue weighted by Gasteiger charge is 2.13. The summed E-state index contributed by atoms with van der Waals surface area (Å²) < 4.78 is 0. The zero-order valence-electron chi connectivity index (χ0n) is 18.7. The van der Waals surface area contributed by atoms with Crippen molar-refractivity contribution in [3.63, 3.8) is 0 Å². The normalized spacial score (nSPS) is 10.9. The fourth-order valence-electron chi connectivity index (χ4n) is 4.57. The SMILES string of the molecule is c1ccc(Nc2ccc3c(ccc4cc(N(c5ccccc5)c5ccccc5)ccc43)c2)cc1. The molecule has 0 aromatic heterocycles. The molecule has 0 bridgehead atoms. The largest absolute Gasteiger partial charge is 0.356 e. The Bertz CT molecular complexity index is 1520. The van der Waals surface area contributed by atoms with Crippen molar-refractivity contribution in [2.45, 2.75) is 0 Å². The van der Waals surface area contributed by atoms with E-state index in [2.05, 4.69) is 132 Å². The number of benzene rings is 6. The average Bonchev–Trinajstić information content (AvgIpc) is 2.90. The molecule has 0 aliphatic carbocycles. The van der Waals surface area contributed by atoms with Crippen LogP contribution in [0, 0.1) is 0 Å². The lowest BCUT2D eigenvalue weighted by Gasteiger charge is -2.25. The van der Waals surface area contributed by atoms with Gasteiger partial charge in [0.2, 0.25) is 0 Å². The molecule has 162 valence electrons. The quantitative estimate of drug-likeness (QED) is 0.271. The zero-order chi connectivity index (χ0) is 22.7. The zero-order valence-corrected chi connectivity index (χ0v) is 18.7. The molecule has 0 saturated carbocycles. The molecule has 0 amide bonds. The molecule has 0 heterocycles. The number of para-hydroxylation sites is 3. The van der Waals surface area contributed by atoms with Crippen LogP contribution < -0.4 is 10.2 Å². The number of rotatable bonds is 5. The lowest BCUT2D eigenvalue weighted by Crippen LogP contribution is -2.09. The average molecular weight is 437 g/mol. The summed E-state index contributed by atoms with van der Waals surface area (Å²) >= 11 is 0. The maximum absolute atomic E-state index is 3.50. The van der Waals surface area contributed by atoms with Gasteiger partial charge in [-0.25, -0.2) is 0 Å². The third-order valence-corrected chi connectivity index (χ3v) is 6.17. The van der Waals surface area contributed by atoms with E-state index in [9.17, 15) is 0 Å². The number of fused-ring (bicyclic) bond motifs is 3. The van der Waals surface area contributed by atoms with Gasteiger partial charge in [-0.2, -0.15) is 0 Å². The molecule has 2 heteroatoms. The monoisotopic (exact) mass is 436 g/mol. The summed E-state index contributed by atoms with van der Waals surface area (Å²) in [7, 11) is 0. The molecule has 2 nitrogen and oxygen atoms in total. The summed E-state index contributed by atoms with van der Waals surface area (Å²) in [5.41, 5.74) is 5.62. The van der Waals surface area contributed by atoms with Crippen molar-refractivity contribution >= 4 is 50.0 Å². The molecular formula is C32H24N2. The third-order valence-electron chi connectivity index (χ3n) is 6.17. The molecule has 6 rings (SSSR count). The highest BCUT2D eigenvalue weighted by atomic mass is 15.1. The van der Waals surface area contributed by atoms with Crippen molar-refractivity contribution in [2.24, 2.45) is 0 Å². The lowest BCUT2D eigenvalue weighted by atomic mass is 10.0. The van der Waals surface area contributed by atoms with Crippen molar-refractivity contribution in [1.29, 1.82) is 0 Å². The van der Waals surface area contributed by atoms with Gasteiger partial charge < -0.3 is 10.2 Å². The molecule has 0 saturated heterocycles. The minimum atomic E-state index is 1.09. The fraction of sp³-hybridized carbons (Fsp3) is 0. The van der Waals surface area contributed by atoms with E-state index < -0.39 is 0 Å². The second-order valence-corrected chi connectivity index (χ2v) is 8.40. The van der Waals surface area contributed by atoms with Crippen LogP contribution in [0.15, 0.2) is 140 Å². The highest BCUT2D eigenvalue weighted by Crippen LogP contribution is 2.37. The summed E-state index contributed by atoms with van der Waals surface area (Å²) in [5, 5.41) is 8.47. The minimum Gasteiger partial charge on any atom is -0.356 e. The van der Waals surface area contributed by atoms with Gasteiger partial charge in [0.05, 0.1) is 0 Å². The summed E-state index contributed by atoms with van der Waals surface area (Å²) in [6.45, 7) is 0. The van der Waals surface area contributed by atoms with Crippen LogP contribution in [0.3, 0.4) is 0 Å². The maximum Gasteiger partial charge on any atom is 0.0468 e. The number of hydrogen-bond donors (Lipinski definition) is 1. The molecule has 34 heavy (non-hydrogen) atoms.